The summed E-state index contributed by atoms with van der Waals surface area (Å²) < 4.78 is 59.7. The number of amides is 1. The Bertz CT molecular complexity index is 1210. The lowest BCUT2D eigenvalue weighted by Gasteiger charge is -2.23. The van der Waals surface area contributed by atoms with Crippen LogP contribution in [0.4, 0.5) is 13.9 Å². The van der Waals surface area contributed by atoms with Crippen molar-refractivity contribution in [3.8, 4) is 5.75 Å². The van der Waals surface area contributed by atoms with E-state index >= 15 is 0 Å². The molecule has 0 radical (unpaired) electrons. The van der Waals surface area contributed by atoms with E-state index in [9.17, 15) is 22.0 Å². The molecule has 1 aliphatic rings. The Morgan fingerprint density at radius 2 is 2.00 bits per heavy atom. The van der Waals surface area contributed by atoms with E-state index < -0.39 is 33.6 Å². The molecule has 11 heteroatoms. The molecule has 1 aliphatic heterocycles. The van der Waals surface area contributed by atoms with Crippen molar-refractivity contribution in [2.45, 2.75) is 23.8 Å². The third-order valence-electron chi connectivity index (χ3n) is 4.82. The van der Waals surface area contributed by atoms with Crippen LogP contribution in [-0.4, -0.2) is 43.3 Å². The van der Waals surface area contributed by atoms with Gasteiger partial charge in [-0.1, -0.05) is 11.3 Å². The molecule has 3 aromatic rings. The van der Waals surface area contributed by atoms with Crippen LogP contribution in [-0.2, 0) is 14.8 Å². The second-order valence-electron chi connectivity index (χ2n) is 6.69. The Morgan fingerprint density at radius 1 is 1.27 bits per heavy atom. The monoisotopic (exact) mass is 453 g/mol. The van der Waals surface area contributed by atoms with Crippen LogP contribution >= 0.6 is 11.3 Å². The van der Waals surface area contributed by atoms with E-state index in [0.29, 0.717) is 24.7 Å². The maximum Gasteiger partial charge on any atom is 0.244 e. The number of sulfonamides is 1. The summed E-state index contributed by atoms with van der Waals surface area (Å²) in [4.78, 5) is 16.8. The fourth-order valence-corrected chi connectivity index (χ4v) is 5.94. The van der Waals surface area contributed by atoms with Gasteiger partial charge in [0.2, 0.25) is 15.9 Å². The molecular formula is C19H17F2N3O4S2. The molecule has 1 saturated heterocycles. The number of carbonyl (C=O) groups is 1. The number of ether oxygens (including phenoxy) is 1. The number of halogens is 2. The minimum absolute atomic E-state index is 0.0502. The number of rotatable bonds is 5. The van der Waals surface area contributed by atoms with Gasteiger partial charge >= 0.3 is 0 Å². The highest BCUT2D eigenvalue weighted by Gasteiger charge is 2.39. The smallest absolute Gasteiger partial charge is 0.244 e. The molecule has 30 heavy (non-hydrogen) atoms. The number of hydrogen-bond donors (Lipinski definition) is 1. The van der Waals surface area contributed by atoms with Gasteiger partial charge in [-0.15, -0.1) is 0 Å². The van der Waals surface area contributed by atoms with E-state index in [1.807, 2.05) is 0 Å². The summed E-state index contributed by atoms with van der Waals surface area (Å²) in [6.07, 6.45) is 0.863. The maximum atomic E-state index is 13.9. The number of anilines is 1. The summed E-state index contributed by atoms with van der Waals surface area (Å²) in [6.45, 7) is 0.201. The molecule has 0 saturated carbocycles. The van der Waals surface area contributed by atoms with Crippen LogP contribution in [0.15, 0.2) is 41.3 Å². The van der Waals surface area contributed by atoms with E-state index in [1.54, 1.807) is 0 Å². The van der Waals surface area contributed by atoms with Crippen molar-refractivity contribution in [3.05, 3.63) is 48.0 Å². The molecule has 0 aliphatic carbocycles. The SMILES string of the molecule is COc1ccc(S(=O)(=O)N2CCCC2C(=O)Nc2nc3c(F)cc(F)cc3s2)cc1. The zero-order valence-electron chi connectivity index (χ0n) is 15.8. The van der Waals surface area contributed by atoms with Gasteiger partial charge in [0, 0.05) is 12.6 Å². The third-order valence-corrected chi connectivity index (χ3v) is 7.66. The highest BCUT2D eigenvalue weighted by atomic mass is 32.2. The molecule has 0 spiro atoms. The van der Waals surface area contributed by atoms with Gasteiger partial charge in [-0.25, -0.2) is 22.2 Å². The Hall–Kier alpha value is -2.63. The zero-order chi connectivity index (χ0) is 21.5. The minimum atomic E-state index is -3.90. The lowest BCUT2D eigenvalue weighted by molar-refractivity contribution is -0.119. The van der Waals surface area contributed by atoms with Crippen LogP contribution in [0.3, 0.4) is 0 Å². The minimum Gasteiger partial charge on any atom is -0.497 e. The van der Waals surface area contributed by atoms with E-state index in [4.69, 9.17) is 4.74 Å². The van der Waals surface area contributed by atoms with E-state index in [-0.39, 0.29) is 26.8 Å². The topological polar surface area (TPSA) is 88.6 Å². The molecule has 1 unspecified atom stereocenters. The average Bonchev–Trinajstić information content (AvgIpc) is 3.35. The highest BCUT2D eigenvalue weighted by Crippen LogP contribution is 2.31. The number of nitrogens with one attached hydrogen (secondary N) is 1. The van der Waals surface area contributed by atoms with Gasteiger partial charge in [-0.2, -0.15) is 4.31 Å². The Balaban J connectivity index is 1.57. The number of hydrogen-bond acceptors (Lipinski definition) is 6. The van der Waals surface area contributed by atoms with Gasteiger partial charge in [0.05, 0.1) is 16.7 Å². The molecule has 1 fully saturated rings. The first-order chi connectivity index (χ1) is 14.3. The fraction of sp³-hybridized carbons (Fsp3) is 0.263. The van der Waals surface area contributed by atoms with E-state index in [2.05, 4.69) is 10.3 Å². The van der Waals surface area contributed by atoms with Crippen LogP contribution in [0.25, 0.3) is 10.2 Å². The first-order valence-electron chi connectivity index (χ1n) is 9.02. The summed E-state index contributed by atoms with van der Waals surface area (Å²) in [5, 5.41) is 2.62. The number of thiazole rings is 1. The summed E-state index contributed by atoms with van der Waals surface area (Å²) in [6, 6.07) is 6.83. The molecule has 1 aromatic heterocycles. The van der Waals surface area contributed by atoms with Crippen molar-refractivity contribution in [2.75, 3.05) is 19.0 Å². The van der Waals surface area contributed by atoms with Gasteiger partial charge in [-0.3, -0.25) is 4.79 Å². The number of carbonyl (C=O) groups excluding carboxylic acids is 1. The Morgan fingerprint density at radius 3 is 2.70 bits per heavy atom. The predicted molar refractivity (Wildman–Crippen MR) is 108 cm³/mol. The normalized spacial score (nSPS) is 17.4. The quantitative estimate of drug-likeness (QED) is 0.640. The molecule has 1 atom stereocenters. The molecule has 1 amide bonds. The first kappa shape index (κ1) is 20.6. The second kappa shape index (κ2) is 7.89. The second-order valence-corrected chi connectivity index (χ2v) is 9.61. The maximum absolute atomic E-state index is 13.9. The molecule has 4 rings (SSSR count). The fourth-order valence-electron chi connectivity index (χ4n) is 3.37. The summed E-state index contributed by atoms with van der Waals surface area (Å²) in [5.41, 5.74) is -0.0502. The van der Waals surface area contributed by atoms with Gasteiger partial charge in [0.1, 0.15) is 23.1 Å². The van der Waals surface area contributed by atoms with Gasteiger partial charge < -0.3 is 10.1 Å². The van der Waals surface area contributed by atoms with Crippen LogP contribution in [0, 0.1) is 11.6 Å². The number of aromatic nitrogens is 1. The van der Waals surface area contributed by atoms with Crippen molar-refractivity contribution in [1.29, 1.82) is 0 Å². The van der Waals surface area contributed by atoms with Crippen LogP contribution in [0.5, 0.6) is 5.75 Å². The summed E-state index contributed by atoms with van der Waals surface area (Å²) in [7, 11) is -2.42. The lowest BCUT2D eigenvalue weighted by Crippen LogP contribution is -2.43. The van der Waals surface area contributed by atoms with Crippen LogP contribution in [0.1, 0.15) is 12.8 Å². The van der Waals surface area contributed by atoms with Crippen molar-refractivity contribution in [2.24, 2.45) is 0 Å². The average molecular weight is 453 g/mol. The van der Waals surface area contributed by atoms with Crippen molar-refractivity contribution >= 4 is 42.6 Å². The highest BCUT2D eigenvalue weighted by molar-refractivity contribution is 7.89. The molecule has 158 valence electrons. The number of nitrogens with zero attached hydrogens (tertiary/aromatic N) is 2. The molecule has 1 N–H and O–H groups in total. The molecule has 2 heterocycles. The molecule has 7 nitrogen and oxygen atoms in total. The van der Waals surface area contributed by atoms with Gasteiger partial charge in [-0.05, 0) is 43.2 Å². The number of fused-ring (bicyclic) bond motifs is 1. The van der Waals surface area contributed by atoms with Crippen LogP contribution < -0.4 is 10.1 Å². The van der Waals surface area contributed by atoms with E-state index in [0.717, 1.165) is 21.7 Å². The molecular weight excluding hydrogens is 436 g/mol. The predicted octanol–water partition coefficient (Wildman–Crippen LogP) is 3.37. The summed E-state index contributed by atoms with van der Waals surface area (Å²) in [5.74, 6) is -1.62. The summed E-state index contributed by atoms with van der Waals surface area (Å²) >= 11 is 0.917. The van der Waals surface area contributed by atoms with Crippen molar-refractivity contribution < 1.29 is 26.7 Å². The third kappa shape index (κ3) is 3.75. The first-order valence-corrected chi connectivity index (χ1v) is 11.3. The Labute approximate surface area is 175 Å². The van der Waals surface area contributed by atoms with Gasteiger partial charge in [0.25, 0.3) is 0 Å². The van der Waals surface area contributed by atoms with Crippen LogP contribution in [0.2, 0.25) is 0 Å². The number of benzene rings is 2. The van der Waals surface area contributed by atoms with Crippen molar-refractivity contribution in [3.63, 3.8) is 0 Å². The molecule has 2 aromatic carbocycles. The van der Waals surface area contributed by atoms with E-state index in [1.165, 1.54) is 31.4 Å². The zero-order valence-corrected chi connectivity index (χ0v) is 17.4. The Kier molecular flexibility index (Phi) is 5.43. The molecule has 0 bridgehead atoms. The van der Waals surface area contributed by atoms with Gasteiger partial charge in [0.15, 0.2) is 10.9 Å². The lowest BCUT2D eigenvalue weighted by atomic mass is 10.2. The standard InChI is InChI=1S/C19H17F2N3O4S2/c1-28-12-4-6-13(7-5-12)30(26,27)24-8-2-3-15(24)18(25)23-19-22-17-14(21)9-11(20)10-16(17)29-19/h4-7,9-10,15H,2-3,8H2,1H3,(H,22,23,25). The largest absolute Gasteiger partial charge is 0.497 e. The van der Waals surface area contributed by atoms with Crippen molar-refractivity contribution in [1.82, 2.24) is 9.29 Å². The number of methoxy groups -OCH3 is 1.